The Hall–Kier alpha value is -1.31. The molecule has 0 aromatic carbocycles. The van der Waals surface area contributed by atoms with Gasteiger partial charge in [-0.1, -0.05) is 36.8 Å². The Labute approximate surface area is 124 Å². The van der Waals surface area contributed by atoms with Gasteiger partial charge in [-0.05, 0) is 59.5 Å². The summed E-state index contributed by atoms with van der Waals surface area (Å²) in [4.78, 5) is 11.4. The molecule has 0 saturated carbocycles. The van der Waals surface area contributed by atoms with E-state index in [9.17, 15) is 4.79 Å². The van der Waals surface area contributed by atoms with Gasteiger partial charge in [-0.25, -0.2) is 0 Å². The van der Waals surface area contributed by atoms with Crippen LogP contribution in [0.15, 0.2) is 36.0 Å². The number of ether oxygens (including phenoxy) is 1. The minimum atomic E-state index is -0.552. The van der Waals surface area contributed by atoms with Crippen molar-refractivity contribution in [3.8, 4) is 0 Å². The molecule has 0 spiro atoms. The van der Waals surface area contributed by atoms with Gasteiger partial charge in [-0.2, -0.15) is 0 Å². The lowest BCUT2D eigenvalue weighted by Gasteiger charge is -2.25. The third-order valence-electron chi connectivity index (χ3n) is 3.29. The zero-order valence-electron chi connectivity index (χ0n) is 13.8. The van der Waals surface area contributed by atoms with Crippen molar-refractivity contribution in [1.82, 2.24) is 0 Å². The highest BCUT2D eigenvalue weighted by Crippen LogP contribution is 2.21. The molecule has 0 N–H and O–H groups in total. The van der Waals surface area contributed by atoms with Crippen molar-refractivity contribution < 1.29 is 9.53 Å². The molecule has 0 aromatic rings. The molecule has 1 atom stereocenters. The third-order valence-corrected chi connectivity index (χ3v) is 3.29. The molecule has 0 heterocycles. The molecule has 2 heteroatoms. The summed E-state index contributed by atoms with van der Waals surface area (Å²) in [7, 11) is 0. The Kier molecular flexibility index (Phi) is 8.94. The maximum absolute atomic E-state index is 11.4. The minimum Gasteiger partial charge on any atom is -0.455 e. The van der Waals surface area contributed by atoms with E-state index in [-0.39, 0.29) is 5.97 Å². The molecular formula is C18H30O2. The number of hydrogen-bond donors (Lipinski definition) is 0. The van der Waals surface area contributed by atoms with Crippen molar-refractivity contribution in [2.24, 2.45) is 0 Å². The lowest BCUT2D eigenvalue weighted by molar-refractivity contribution is -0.153. The van der Waals surface area contributed by atoms with Gasteiger partial charge in [0.15, 0.2) is 0 Å². The monoisotopic (exact) mass is 278 g/mol. The number of carbonyl (C=O) groups is 1. The van der Waals surface area contributed by atoms with E-state index in [2.05, 4.69) is 39.5 Å². The van der Waals surface area contributed by atoms with E-state index in [1.54, 1.807) is 13.0 Å². The van der Waals surface area contributed by atoms with E-state index in [0.717, 1.165) is 25.7 Å². The summed E-state index contributed by atoms with van der Waals surface area (Å²) in [6.07, 6.45) is 10.5. The van der Waals surface area contributed by atoms with Crippen LogP contribution in [-0.4, -0.2) is 11.6 Å². The smallest absolute Gasteiger partial charge is 0.306 e. The Morgan fingerprint density at radius 2 is 1.85 bits per heavy atom. The van der Waals surface area contributed by atoms with Crippen LogP contribution >= 0.6 is 0 Å². The molecule has 1 unspecified atom stereocenters. The molecule has 0 fully saturated rings. The molecule has 0 aliphatic rings. The van der Waals surface area contributed by atoms with Crippen molar-refractivity contribution in [2.45, 2.75) is 72.3 Å². The zero-order valence-corrected chi connectivity index (χ0v) is 13.8. The maximum Gasteiger partial charge on any atom is 0.306 e. The lowest BCUT2D eigenvalue weighted by atomic mass is 9.98. The van der Waals surface area contributed by atoms with Crippen LogP contribution in [0.2, 0.25) is 0 Å². The summed E-state index contributed by atoms with van der Waals surface area (Å²) in [5.41, 5.74) is 2.20. The molecule has 20 heavy (non-hydrogen) atoms. The first-order chi connectivity index (χ1) is 9.33. The van der Waals surface area contributed by atoms with Gasteiger partial charge < -0.3 is 4.74 Å². The number of esters is 1. The average Bonchev–Trinajstić information content (AvgIpc) is 2.38. The third kappa shape index (κ3) is 8.73. The van der Waals surface area contributed by atoms with E-state index in [1.165, 1.54) is 11.1 Å². The van der Waals surface area contributed by atoms with Crippen molar-refractivity contribution >= 4 is 5.97 Å². The highest BCUT2D eigenvalue weighted by Gasteiger charge is 2.23. The zero-order chi connectivity index (χ0) is 15.6. The molecule has 0 amide bonds. The summed E-state index contributed by atoms with van der Waals surface area (Å²) in [5.74, 6) is -0.170. The standard InChI is InChI=1S/C18H30O2/c1-7-17(19)20-18(6,8-2)14-10-13-16(5)12-9-11-15(3)4/h8,11,13H,2,7,9-10,12,14H2,1,3-6H3. The molecule has 0 bridgehead atoms. The highest BCUT2D eigenvalue weighted by atomic mass is 16.6. The van der Waals surface area contributed by atoms with Crippen LogP contribution in [0, 0.1) is 0 Å². The fourth-order valence-corrected chi connectivity index (χ4v) is 1.82. The van der Waals surface area contributed by atoms with Gasteiger partial charge in [-0.3, -0.25) is 4.79 Å². The van der Waals surface area contributed by atoms with Crippen molar-refractivity contribution in [1.29, 1.82) is 0 Å². The number of hydrogen-bond acceptors (Lipinski definition) is 2. The molecule has 114 valence electrons. The second-order valence-corrected chi connectivity index (χ2v) is 5.75. The predicted molar refractivity (Wildman–Crippen MR) is 86.6 cm³/mol. The Bertz CT molecular complexity index is 373. The lowest BCUT2D eigenvalue weighted by Crippen LogP contribution is -2.28. The average molecular weight is 278 g/mol. The van der Waals surface area contributed by atoms with E-state index in [0.29, 0.717) is 6.42 Å². The van der Waals surface area contributed by atoms with Crippen LogP contribution in [0.25, 0.3) is 0 Å². The number of carbonyl (C=O) groups excluding carboxylic acids is 1. The molecule has 2 nitrogen and oxygen atoms in total. The fraction of sp³-hybridized carbons (Fsp3) is 0.611. The highest BCUT2D eigenvalue weighted by molar-refractivity contribution is 5.69. The minimum absolute atomic E-state index is 0.170. The van der Waals surface area contributed by atoms with Gasteiger partial charge in [0.1, 0.15) is 5.60 Å². The topological polar surface area (TPSA) is 26.3 Å². The van der Waals surface area contributed by atoms with Crippen molar-refractivity contribution in [3.05, 3.63) is 36.0 Å². The maximum atomic E-state index is 11.4. The summed E-state index contributed by atoms with van der Waals surface area (Å²) in [5, 5.41) is 0. The van der Waals surface area contributed by atoms with Crippen LogP contribution in [-0.2, 0) is 9.53 Å². The fourth-order valence-electron chi connectivity index (χ4n) is 1.82. The largest absolute Gasteiger partial charge is 0.455 e. The summed E-state index contributed by atoms with van der Waals surface area (Å²) < 4.78 is 5.43. The van der Waals surface area contributed by atoms with Crippen LogP contribution < -0.4 is 0 Å². The van der Waals surface area contributed by atoms with Crippen LogP contribution in [0.3, 0.4) is 0 Å². The van der Waals surface area contributed by atoms with E-state index >= 15 is 0 Å². The van der Waals surface area contributed by atoms with Gasteiger partial charge >= 0.3 is 5.97 Å². The number of allylic oxidation sites excluding steroid dienone is 4. The Morgan fingerprint density at radius 1 is 1.20 bits per heavy atom. The molecule has 0 aromatic heterocycles. The first kappa shape index (κ1) is 18.7. The van der Waals surface area contributed by atoms with Crippen molar-refractivity contribution in [2.75, 3.05) is 0 Å². The van der Waals surface area contributed by atoms with Gasteiger partial charge in [0.05, 0.1) is 0 Å². The molecule has 0 aliphatic carbocycles. The van der Waals surface area contributed by atoms with E-state index in [4.69, 9.17) is 4.74 Å². The van der Waals surface area contributed by atoms with Crippen LogP contribution in [0.5, 0.6) is 0 Å². The molecular weight excluding hydrogens is 248 g/mol. The normalized spacial score (nSPS) is 14.3. The van der Waals surface area contributed by atoms with Crippen LogP contribution in [0.4, 0.5) is 0 Å². The molecule has 0 radical (unpaired) electrons. The first-order valence-electron chi connectivity index (χ1n) is 7.47. The van der Waals surface area contributed by atoms with Gasteiger partial charge in [-0.15, -0.1) is 0 Å². The van der Waals surface area contributed by atoms with Crippen LogP contribution in [0.1, 0.15) is 66.7 Å². The molecule has 0 rings (SSSR count). The summed E-state index contributed by atoms with van der Waals surface area (Å²) in [6, 6.07) is 0. The van der Waals surface area contributed by atoms with Gasteiger partial charge in [0, 0.05) is 6.42 Å². The molecule has 0 aliphatic heterocycles. The predicted octanol–water partition coefficient (Wildman–Crippen LogP) is 5.36. The van der Waals surface area contributed by atoms with Crippen molar-refractivity contribution in [3.63, 3.8) is 0 Å². The summed E-state index contributed by atoms with van der Waals surface area (Å²) >= 11 is 0. The second kappa shape index (κ2) is 9.57. The van der Waals surface area contributed by atoms with Gasteiger partial charge in [0.2, 0.25) is 0 Å². The first-order valence-corrected chi connectivity index (χ1v) is 7.47. The van der Waals surface area contributed by atoms with E-state index in [1.807, 2.05) is 6.92 Å². The quantitative estimate of drug-likeness (QED) is 0.419. The second-order valence-electron chi connectivity index (χ2n) is 5.75. The summed E-state index contributed by atoms with van der Waals surface area (Å²) in [6.45, 7) is 13.9. The SMILES string of the molecule is C=CC(C)(CCC=C(C)CCC=C(C)C)OC(=O)CC. The van der Waals surface area contributed by atoms with Gasteiger partial charge in [0.25, 0.3) is 0 Å². The Balaban J connectivity index is 4.26. The number of rotatable bonds is 9. The van der Waals surface area contributed by atoms with E-state index < -0.39 is 5.60 Å². The molecule has 0 saturated heterocycles. The Morgan fingerprint density at radius 3 is 2.35 bits per heavy atom.